The molecule has 0 aromatic heterocycles. The second-order valence-electron chi connectivity index (χ2n) is 3.05. The van der Waals surface area contributed by atoms with E-state index in [1.165, 1.54) is 0 Å². The maximum absolute atomic E-state index is 11.0. The van der Waals surface area contributed by atoms with Crippen LogP contribution < -0.4 is 4.74 Å². The van der Waals surface area contributed by atoms with E-state index in [-0.39, 0.29) is 11.4 Å². The molecule has 8 nitrogen and oxygen atoms in total. The molecule has 0 bridgehead atoms. The zero-order chi connectivity index (χ0) is 13.1. The molecule has 0 amide bonds. The average molecular weight is 261 g/mol. The van der Waals surface area contributed by atoms with Gasteiger partial charge >= 0.3 is 13.6 Å². The van der Waals surface area contributed by atoms with Gasteiger partial charge in [-0.15, -0.1) is 0 Å². The van der Waals surface area contributed by atoms with Crippen molar-refractivity contribution in [1.29, 1.82) is 0 Å². The molecule has 9 heteroatoms. The van der Waals surface area contributed by atoms with Gasteiger partial charge in [-0.1, -0.05) is 0 Å². The molecular formula is C8H8NO7P. The van der Waals surface area contributed by atoms with Gasteiger partial charge in [-0.2, -0.15) is 0 Å². The molecule has 0 saturated heterocycles. The quantitative estimate of drug-likeness (QED) is 0.268. The van der Waals surface area contributed by atoms with Gasteiger partial charge < -0.3 is 14.5 Å². The molecule has 1 rings (SSSR count). The smallest absolute Gasteiger partial charge is 0.336 e. The van der Waals surface area contributed by atoms with Crippen LogP contribution in [0, 0.1) is 10.1 Å². The van der Waals surface area contributed by atoms with E-state index in [1.807, 2.05) is 0 Å². The Morgan fingerprint density at radius 1 is 1.35 bits per heavy atom. The summed E-state index contributed by atoms with van der Waals surface area (Å²) in [5, 5.41) is 10.3. The number of non-ortho nitro benzene ring substituents is 1. The van der Waals surface area contributed by atoms with E-state index in [0.29, 0.717) is 0 Å². The molecular weight excluding hydrogens is 253 g/mol. The summed E-state index contributed by atoms with van der Waals surface area (Å²) in [5.41, 5.74) is -0.181. The summed E-state index contributed by atoms with van der Waals surface area (Å²) in [5.74, 6) is -1.12. The topological polar surface area (TPSA) is 127 Å². The van der Waals surface area contributed by atoms with E-state index in [9.17, 15) is 19.5 Å². The SMILES string of the molecule is O=C(CP(=O)(O)O)Oc1ccc([N+](=O)[O-])cc1. The van der Waals surface area contributed by atoms with Crippen LogP contribution in [0.3, 0.4) is 0 Å². The van der Waals surface area contributed by atoms with Gasteiger partial charge in [0.1, 0.15) is 11.9 Å². The van der Waals surface area contributed by atoms with Crippen LogP contribution in [0.4, 0.5) is 5.69 Å². The molecule has 92 valence electrons. The molecule has 0 heterocycles. The van der Waals surface area contributed by atoms with Crippen molar-refractivity contribution in [3.05, 3.63) is 34.4 Å². The highest BCUT2D eigenvalue weighted by Gasteiger charge is 2.20. The highest BCUT2D eigenvalue weighted by atomic mass is 31.2. The van der Waals surface area contributed by atoms with Gasteiger partial charge in [-0.25, -0.2) is 0 Å². The minimum absolute atomic E-state index is 0.0194. The Morgan fingerprint density at radius 2 is 1.88 bits per heavy atom. The minimum Gasteiger partial charge on any atom is -0.426 e. The van der Waals surface area contributed by atoms with Crippen molar-refractivity contribution < 1.29 is 28.8 Å². The third-order valence-corrected chi connectivity index (χ3v) is 2.28. The van der Waals surface area contributed by atoms with Gasteiger partial charge in [-0.3, -0.25) is 19.5 Å². The molecule has 0 aliphatic rings. The third kappa shape index (κ3) is 4.73. The Bertz CT molecular complexity index is 477. The van der Waals surface area contributed by atoms with E-state index >= 15 is 0 Å². The molecule has 0 aliphatic heterocycles. The van der Waals surface area contributed by atoms with E-state index in [4.69, 9.17) is 9.79 Å². The lowest BCUT2D eigenvalue weighted by Crippen LogP contribution is -2.13. The Labute approximate surface area is 95.1 Å². The number of hydrogen-bond acceptors (Lipinski definition) is 5. The number of esters is 1. The zero-order valence-electron chi connectivity index (χ0n) is 8.35. The van der Waals surface area contributed by atoms with Crippen LogP contribution in [0.5, 0.6) is 5.75 Å². The zero-order valence-corrected chi connectivity index (χ0v) is 9.24. The van der Waals surface area contributed by atoms with Gasteiger partial charge in [0.2, 0.25) is 0 Å². The third-order valence-electron chi connectivity index (χ3n) is 1.61. The van der Waals surface area contributed by atoms with Crippen molar-refractivity contribution in [3.63, 3.8) is 0 Å². The Morgan fingerprint density at radius 3 is 2.29 bits per heavy atom. The first-order valence-corrected chi connectivity index (χ1v) is 6.07. The maximum Gasteiger partial charge on any atom is 0.336 e. The first-order chi connectivity index (χ1) is 7.78. The average Bonchev–Trinajstić information content (AvgIpc) is 2.15. The molecule has 2 N–H and O–H groups in total. The Kier molecular flexibility index (Phi) is 3.95. The predicted octanol–water partition coefficient (Wildman–Crippen LogP) is 0.678. The number of carbonyl (C=O) groups is 1. The number of hydrogen-bond donors (Lipinski definition) is 2. The summed E-state index contributed by atoms with van der Waals surface area (Å²) >= 11 is 0. The number of ether oxygens (including phenoxy) is 1. The van der Waals surface area contributed by atoms with Gasteiger partial charge in [0.05, 0.1) is 4.92 Å². The lowest BCUT2D eigenvalue weighted by Gasteiger charge is -2.04. The monoisotopic (exact) mass is 261 g/mol. The Hall–Kier alpha value is -1.76. The van der Waals surface area contributed by atoms with E-state index in [2.05, 4.69) is 4.74 Å². The number of nitrogens with zero attached hydrogens (tertiary/aromatic N) is 1. The fourth-order valence-corrected chi connectivity index (χ4v) is 1.37. The molecule has 0 spiro atoms. The number of nitro groups is 1. The highest BCUT2D eigenvalue weighted by molar-refractivity contribution is 7.52. The van der Waals surface area contributed by atoms with Crippen LogP contribution in [-0.4, -0.2) is 26.8 Å². The van der Waals surface area contributed by atoms with Crippen molar-refractivity contribution in [1.82, 2.24) is 0 Å². The van der Waals surface area contributed by atoms with Gasteiger partial charge in [0.25, 0.3) is 5.69 Å². The molecule has 1 aromatic rings. The summed E-state index contributed by atoms with van der Waals surface area (Å²) in [6.07, 6.45) is -1.04. The van der Waals surface area contributed by atoms with Gasteiger partial charge in [-0.05, 0) is 12.1 Å². The van der Waals surface area contributed by atoms with Crippen LogP contribution in [0.25, 0.3) is 0 Å². The van der Waals surface area contributed by atoms with E-state index in [0.717, 1.165) is 24.3 Å². The van der Waals surface area contributed by atoms with Crippen LogP contribution in [0.2, 0.25) is 0 Å². The van der Waals surface area contributed by atoms with Crippen molar-refractivity contribution in [2.75, 3.05) is 6.16 Å². The molecule has 0 unspecified atom stereocenters. The van der Waals surface area contributed by atoms with Crippen LogP contribution in [-0.2, 0) is 9.36 Å². The van der Waals surface area contributed by atoms with E-state index < -0.39 is 24.7 Å². The standard InChI is InChI=1S/C8H8NO7P/c10-8(5-17(13,14)15)16-7-3-1-6(2-4-7)9(11)12/h1-4H,5H2,(H2,13,14,15). The minimum atomic E-state index is -4.47. The van der Waals surface area contributed by atoms with Crippen LogP contribution >= 0.6 is 7.60 Å². The summed E-state index contributed by atoms with van der Waals surface area (Å²) in [6, 6.07) is 4.55. The first-order valence-electron chi connectivity index (χ1n) is 4.27. The highest BCUT2D eigenvalue weighted by Crippen LogP contribution is 2.34. The number of benzene rings is 1. The lowest BCUT2D eigenvalue weighted by molar-refractivity contribution is -0.384. The predicted molar refractivity (Wildman–Crippen MR) is 55.6 cm³/mol. The van der Waals surface area contributed by atoms with Crippen molar-refractivity contribution >= 4 is 19.3 Å². The molecule has 0 atom stereocenters. The molecule has 0 radical (unpaired) electrons. The molecule has 17 heavy (non-hydrogen) atoms. The fourth-order valence-electron chi connectivity index (χ4n) is 0.968. The number of rotatable bonds is 4. The molecule has 0 aliphatic carbocycles. The van der Waals surface area contributed by atoms with Crippen LogP contribution in [0.15, 0.2) is 24.3 Å². The fraction of sp³-hybridized carbons (Fsp3) is 0.125. The molecule has 0 saturated carbocycles. The van der Waals surface area contributed by atoms with Gasteiger partial charge in [0, 0.05) is 12.1 Å². The second kappa shape index (κ2) is 5.05. The van der Waals surface area contributed by atoms with Crippen molar-refractivity contribution in [2.24, 2.45) is 0 Å². The number of nitro benzene ring substituents is 1. The normalized spacial score (nSPS) is 10.9. The largest absolute Gasteiger partial charge is 0.426 e. The second-order valence-corrected chi connectivity index (χ2v) is 4.69. The summed E-state index contributed by atoms with van der Waals surface area (Å²) in [6.45, 7) is 0. The van der Waals surface area contributed by atoms with Gasteiger partial charge in [0.15, 0.2) is 0 Å². The summed E-state index contributed by atoms with van der Waals surface area (Å²) < 4.78 is 15.1. The maximum atomic E-state index is 11.0. The number of carbonyl (C=O) groups excluding carboxylic acids is 1. The van der Waals surface area contributed by atoms with Crippen molar-refractivity contribution in [2.45, 2.75) is 0 Å². The Balaban J connectivity index is 2.67. The van der Waals surface area contributed by atoms with Crippen molar-refractivity contribution in [3.8, 4) is 5.75 Å². The first kappa shape index (κ1) is 13.3. The molecule has 0 fully saturated rings. The summed E-state index contributed by atoms with van der Waals surface area (Å²) in [4.78, 5) is 37.7. The van der Waals surface area contributed by atoms with Crippen LogP contribution in [0.1, 0.15) is 0 Å². The molecule has 1 aromatic carbocycles. The van der Waals surface area contributed by atoms with E-state index in [1.54, 1.807) is 0 Å². The lowest BCUT2D eigenvalue weighted by atomic mass is 10.3. The summed E-state index contributed by atoms with van der Waals surface area (Å²) in [7, 11) is -4.47.